The van der Waals surface area contributed by atoms with Gasteiger partial charge in [-0.1, -0.05) is 48.5 Å². The lowest BCUT2D eigenvalue weighted by Gasteiger charge is -2.09. The molecule has 4 rings (SSSR count). The summed E-state index contributed by atoms with van der Waals surface area (Å²) >= 11 is 0. The third-order valence-electron chi connectivity index (χ3n) is 4.82. The van der Waals surface area contributed by atoms with E-state index in [1.807, 2.05) is 60.7 Å². The molecule has 6 nitrogen and oxygen atoms in total. The topological polar surface area (TPSA) is 73.5 Å². The van der Waals surface area contributed by atoms with Crippen molar-refractivity contribution in [3.05, 3.63) is 124 Å². The van der Waals surface area contributed by atoms with Crippen LogP contribution in [0.25, 0.3) is 0 Å². The summed E-state index contributed by atoms with van der Waals surface area (Å²) in [6.07, 6.45) is 3.25. The summed E-state index contributed by atoms with van der Waals surface area (Å²) in [7, 11) is 0. The van der Waals surface area contributed by atoms with E-state index in [0.717, 1.165) is 16.9 Å². The summed E-state index contributed by atoms with van der Waals surface area (Å²) in [6.45, 7) is 1.12. The van der Waals surface area contributed by atoms with Crippen molar-refractivity contribution in [3.8, 4) is 5.75 Å². The molecule has 156 valence electrons. The van der Waals surface area contributed by atoms with Crippen molar-refractivity contribution in [2.75, 3.05) is 0 Å². The highest BCUT2D eigenvalue weighted by Gasteiger charge is 2.15. The van der Waals surface area contributed by atoms with Crippen molar-refractivity contribution >= 4 is 5.91 Å². The number of ether oxygens (including phenoxy) is 1. The fourth-order valence-electron chi connectivity index (χ4n) is 3.14. The Kier molecular flexibility index (Phi) is 6.28. The van der Waals surface area contributed by atoms with Gasteiger partial charge in [-0.05, 0) is 35.4 Å². The minimum atomic E-state index is -0.295. The smallest absolute Gasteiger partial charge is 0.287 e. The fraction of sp³-hybridized carbons (Fsp3) is 0.120. The van der Waals surface area contributed by atoms with Gasteiger partial charge in [-0.2, -0.15) is 0 Å². The number of aromatic nitrogens is 1. The summed E-state index contributed by atoms with van der Waals surface area (Å²) in [6, 6.07) is 24.0. The standard InChI is InChI=1S/C25H22N2O4/c28-23-8-4-5-14-27(23)17-20-11-9-19(10-12-20)16-26-25(29)24-21(13-15-30-24)18-31-22-6-2-1-3-7-22/h1-15H,16-18H2,(H,26,29). The van der Waals surface area contributed by atoms with Gasteiger partial charge >= 0.3 is 0 Å². The van der Waals surface area contributed by atoms with Crippen molar-refractivity contribution in [2.45, 2.75) is 19.7 Å². The molecular weight excluding hydrogens is 392 g/mol. The van der Waals surface area contributed by atoms with E-state index in [0.29, 0.717) is 18.7 Å². The summed E-state index contributed by atoms with van der Waals surface area (Å²) in [5, 5.41) is 2.87. The Morgan fingerprint density at radius 3 is 2.42 bits per heavy atom. The molecule has 0 radical (unpaired) electrons. The maximum absolute atomic E-state index is 12.6. The number of carbonyl (C=O) groups excluding carboxylic acids is 1. The highest BCUT2D eigenvalue weighted by molar-refractivity contribution is 5.92. The Morgan fingerprint density at radius 1 is 0.903 bits per heavy atom. The first kappa shape index (κ1) is 20.2. The monoisotopic (exact) mass is 414 g/mol. The zero-order valence-corrected chi connectivity index (χ0v) is 16.9. The van der Waals surface area contributed by atoms with E-state index in [1.54, 1.807) is 22.9 Å². The van der Waals surface area contributed by atoms with Crippen LogP contribution in [0.2, 0.25) is 0 Å². The van der Waals surface area contributed by atoms with Crippen LogP contribution < -0.4 is 15.6 Å². The molecule has 0 aliphatic carbocycles. The first-order chi connectivity index (χ1) is 15.2. The van der Waals surface area contributed by atoms with E-state index in [4.69, 9.17) is 9.15 Å². The number of benzene rings is 2. The van der Waals surface area contributed by atoms with Crippen molar-refractivity contribution in [1.82, 2.24) is 9.88 Å². The maximum atomic E-state index is 12.6. The van der Waals surface area contributed by atoms with Gasteiger partial charge in [-0.25, -0.2) is 0 Å². The van der Waals surface area contributed by atoms with E-state index in [-0.39, 0.29) is 23.8 Å². The van der Waals surface area contributed by atoms with Gasteiger partial charge in [-0.15, -0.1) is 0 Å². The lowest BCUT2D eigenvalue weighted by atomic mass is 10.1. The van der Waals surface area contributed by atoms with Gasteiger partial charge in [-0.3, -0.25) is 9.59 Å². The molecule has 0 atom stereocenters. The molecule has 0 unspecified atom stereocenters. The van der Waals surface area contributed by atoms with Crippen molar-refractivity contribution in [1.29, 1.82) is 0 Å². The molecule has 1 amide bonds. The lowest BCUT2D eigenvalue weighted by Crippen LogP contribution is -2.23. The molecule has 2 aromatic heterocycles. The van der Waals surface area contributed by atoms with E-state index in [1.165, 1.54) is 12.3 Å². The summed E-state index contributed by atoms with van der Waals surface area (Å²) in [5.74, 6) is 0.681. The van der Waals surface area contributed by atoms with Crippen LogP contribution in [0.3, 0.4) is 0 Å². The van der Waals surface area contributed by atoms with Crippen LogP contribution in [0, 0.1) is 0 Å². The summed E-state index contributed by atoms with van der Waals surface area (Å²) < 4.78 is 12.7. The second-order valence-corrected chi connectivity index (χ2v) is 7.04. The number of furan rings is 1. The summed E-state index contributed by atoms with van der Waals surface area (Å²) in [4.78, 5) is 24.4. The quantitative estimate of drug-likeness (QED) is 0.473. The Labute approximate surface area is 179 Å². The fourth-order valence-corrected chi connectivity index (χ4v) is 3.14. The SMILES string of the molecule is O=C(NCc1ccc(Cn2ccccc2=O)cc1)c1occc1COc1ccccc1. The Balaban J connectivity index is 1.32. The number of amides is 1. The molecule has 31 heavy (non-hydrogen) atoms. The maximum Gasteiger partial charge on any atom is 0.287 e. The number of pyridine rings is 1. The van der Waals surface area contributed by atoms with Crippen LogP contribution in [0.4, 0.5) is 0 Å². The second-order valence-electron chi connectivity index (χ2n) is 7.04. The van der Waals surface area contributed by atoms with Crippen LogP contribution in [-0.2, 0) is 19.7 Å². The van der Waals surface area contributed by atoms with Gasteiger partial charge in [0.2, 0.25) is 0 Å². The van der Waals surface area contributed by atoms with Crippen molar-refractivity contribution < 1.29 is 13.9 Å². The number of carbonyl (C=O) groups is 1. The average molecular weight is 414 g/mol. The molecule has 0 saturated heterocycles. The lowest BCUT2D eigenvalue weighted by molar-refractivity contribution is 0.0919. The first-order valence-electron chi connectivity index (χ1n) is 9.95. The van der Waals surface area contributed by atoms with Crippen LogP contribution >= 0.6 is 0 Å². The third kappa shape index (κ3) is 5.30. The molecule has 0 spiro atoms. The number of rotatable bonds is 8. The molecule has 6 heteroatoms. The second kappa shape index (κ2) is 9.63. The zero-order chi connectivity index (χ0) is 21.5. The van der Waals surface area contributed by atoms with Crippen LogP contribution in [0.1, 0.15) is 27.2 Å². The first-order valence-corrected chi connectivity index (χ1v) is 9.95. The van der Waals surface area contributed by atoms with Crippen molar-refractivity contribution in [3.63, 3.8) is 0 Å². The Hall–Kier alpha value is -4.06. The average Bonchev–Trinajstić information content (AvgIpc) is 3.28. The zero-order valence-electron chi connectivity index (χ0n) is 16.9. The minimum Gasteiger partial charge on any atom is -0.489 e. The van der Waals surface area contributed by atoms with Gasteiger partial charge in [0.05, 0.1) is 12.8 Å². The Bertz CT molecular complexity index is 1190. The predicted molar refractivity (Wildman–Crippen MR) is 117 cm³/mol. The van der Waals surface area contributed by atoms with Gasteiger partial charge in [0.1, 0.15) is 12.4 Å². The van der Waals surface area contributed by atoms with Gasteiger partial charge in [0, 0.05) is 24.4 Å². The van der Waals surface area contributed by atoms with Crippen LogP contribution in [0.5, 0.6) is 5.75 Å². The molecule has 4 aromatic rings. The van der Waals surface area contributed by atoms with E-state index in [2.05, 4.69) is 5.32 Å². The molecular formula is C25H22N2O4. The predicted octanol–water partition coefficient (Wildman–Crippen LogP) is 4.00. The highest BCUT2D eigenvalue weighted by Crippen LogP contribution is 2.16. The van der Waals surface area contributed by atoms with Crippen molar-refractivity contribution in [2.24, 2.45) is 0 Å². The molecule has 0 aliphatic heterocycles. The number of nitrogens with one attached hydrogen (secondary N) is 1. The van der Waals surface area contributed by atoms with Gasteiger partial charge < -0.3 is 19.0 Å². The van der Waals surface area contributed by atoms with Crippen LogP contribution in [-0.4, -0.2) is 10.5 Å². The third-order valence-corrected chi connectivity index (χ3v) is 4.82. The number of nitrogens with zero attached hydrogens (tertiary/aromatic N) is 1. The molecule has 0 fully saturated rings. The normalized spacial score (nSPS) is 10.6. The van der Waals surface area contributed by atoms with Gasteiger partial charge in [0.15, 0.2) is 5.76 Å². The summed E-state index contributed by atoms with van der Waals surface area (Å²) in [5.41, 5.74) is 2.61. The van der Waals surface area contributed by atoms with E-state index < -0.39 is 0 Å². The number of hydrogen-bond donors (Lipinski definition) is 1. The van der Waals surface area contributed by atoms with Gasteiger partial charge in [0.25, 0.3) is 11.5 Å². The minimum absolute atomic E-state index is 0.0377. The highest BCUT2D eigenvalue weighted by atomic mass is 16.5. The molecule has 0 aliphatic rings. The number of hydrogen-bond acceptors (Lipinski definition) is 4. The molecule has 2 aromatic carbocycles. The molecule has 0 bridgehead atoms. The molecule has 2 heterocycles. The van der Waals surface area contributed by atoms with E-state index >= 15 is 0 Å². The number of para-hydroxylation sites is 1. The Morgan fingerprint density at radius 2 is 1.65 bits per heavy atom. The van der Waals surface area contributed by atoms with Crippen LogP contribution in [0.15, 0.2) is 101 Å². The largest absolute Gasteiger partial charge is 0.489 e. The van der Waals surface area contributed by atoms with E-state index in [9.17, 15) is 9.59 Å². The molecule has 1 N–H and O–H groups in total. The molecule has 0 saturated carbocycles.